The molecule has 1 saturated heterocycles. The summed E-state index contributed by atoms with van der Waals surface area (Å²) in [5, 5.41) is 11.3. The Morgan fingerprint density at radius 2 is 2.05 bits per heavy atom. The highest BCUT2D eigenvalue weighted by Crippen LogP contribution is 1.97. The summed E-state index contributed by atoms with van der Waals surface area (Å²) in [6.45, 7) is 2.87. The van der Waals surface area contributed by atoms with Gasteiger partial charge in [-0.25, -0.2) is 0 Å². The highest BCUT2D eigenvalue weighted by Gasteiger charge is 2.19. The molecule has 2 heterocycles. The van der Waals surface area contributed by atoms with Crippen molar-refractivity contribution in [2.45, 2.75) is 6.54 Å². The third kappa shape index (κ3) is 4.50. The number of nitrogens with zero attached hydrogens (tertiary/aromatic N) is 3. The molecule has 0 spiro atoms. The van der Waals surface area contributed by atoms with Crippen LogP contribution in [0.4, 0.5) is 0 Å². The first-order chi connectivity index (χ1) is 8.79. The summed E-state index contributed by atoms with van der Waals surface area (Å²) in [7, 11) is 0. The van der Waals surface area contributed by atoms with Crippen molar-refractivity contribution >= 4 is 12.1 Å². The first-order valence-corrected chi connectivity index (χ1v) is 5.81. The zero-order valence-corrected chi connectivity index (χ0v) is 11.2. The van der Waals surface area contributed by atoms with Gasteiger partial charge in [-0.3, -0.25) is 4.79 Å². The SMILES string of the molecule is O=C(C[n+]1ccc(/C=N/O)cc1)N1CCOCC1.[Cl-]. The molecule has 1 aromatic rings. The van der Waals surface area contributed by atoms with Crippen LogP contribution in [0, 0.1) is 0 Å². The van der Waals surface area contributed by atoms with Crippen LogP contribution in [0.2, 0.25) is 0 Å². The lowest BCUT2D eigenvalue weighted by molar-refractivity contribution is -0.685. The second kappa shape index (κ2) is 7.70. The minimum absolute atomic E-state index is 0. The average Bonchev–Trinajstić information content (AvgIpc) is 2.42. The molecule has 0 aliphatic carbocycles. The molecule has 0 unspecified atom stereocenters. The second-order valence-electron chi connectivity index (χ2n) is 4.04. The normalized spacial score (nSPS) is 15.3. The van der Waals surface area contributed by atoms with E-state index in [0.29, 0.717) is 32.8 Å². The van der Waals surface area contributed by atoms with Gasteiger partial charge in [0, 0.05) is 30.8 Å². The number of hydrogen-bond acceptors (Lipinski definition) is 4. The lowest BCUT2D eigenvalue weighted by Crippen LogP contribution is -3.00. The van der Waals surface area contributed by atoms with Crippen LogP contribution in [-0.2, 0) is 16.1 Å². The standard InChI is InChI=1S/C12H15N3O3.ClH/c16-12(15-5-7-18-8-6-15)10-14-3-1-11(2-4-14)9-13-17;/h1-4,9H,5-8,10H2;1H. The monoisotopic (exact) mass is 285 g/mol. The van der Waals surface area contributed by atoms with Gasteiger partial charge < -0.3 is 27.3 Å². The van der Waals surface area contributed by atoms with Gasteiger partial charge in [0.15, 0.2) is 12.4 Å². The fraction of sp³-hybridized carbons (Fsp3) is 0.417. The molecule has 2 rings (SSSR count). The van der Waals surface area contributed by atoms with Gasteiger partial charge in [0.25, 0.3) is 5.91 Å². The number of oxime groups is 1. The van der Waals surface area contributed by atoms with Crippen LogP contribution >= 0.6 is 0 Å². The van der Waals surface area contributed by atoms with E-state index in [9.17, 15) is 4.79 Å². The van der Waals surface area contributed by atoms with E-state index in [1.54, 1.807) is 34.0 Å². The van der Waals surface area contributed by atoms with Crippen LogP contribution in [0.15, 0.2) is 29.7 Å². The first kappa shape index (κ1) is 15.4. The quantitative estimate of drug-likeness (QED) is 0.273. The van der Waals surface area contributed by atoms with Crippen LogP contribution < -0.4 is 17.0 Å². The maximum Gasteiger partial charge on any atom is 0.288 e. The zero-order valence-electron chi connectivity index (χ0n) is 10.4. The number of halogens is 1. The molecular formula is C12H16ClN3O3. The number of ether oxygens (including phenoxy) is 1. The van der Waals surface area contributed by atoms with Gasteiger partial charge >= 0.3 is 0 Å². The summed E-state index contributed by atoms with van der Waals surface area (Å²) in [6.07, 6.45) is 4.92. The van der Waals surface area contributed by atoms with E-state index in [0.717, 1.165) is 5.56 Å². The zero-order chi connectivity index (χ0) is 12.8. The Hall–Kier alpha value is -1.66. The van der Waals surface area contributed by atoms with Crippen LogP contribution in [0.25, 0.3) is 0 Å². The van der Waals surface area contributed by atoms with Gasteiger partial charge in [0.1, 0.15) is 0 Å². The maximum atomic E-state index is 12.0. The van der Waals surface area contributed by atoms with Gasteiger partial charge in [-0.05, 0) is 0 Å². The molecule has 1 aliphatic rings. The largest absolute Gasteiger partial charge is 1.00 e. The first-order valence-electron chi connectivity index (χ1n) is 5.81. The Labute approximate surface area is 117 Å². The van der Waals surface area contributed by atoms with Crippen molar-refractivity contribution in [3.8, 4) is 0 Å². The number of amides is 1. The molecule has 7 heteroatoms. The number of morpholine rings is 1. The minimum atomic E-state index is 0. The molecule has 19 heavy (non-hydrogen) atoms. The summed E-state index contributed by atoms with van der Waals surface area (Å²) in [5.41, 5.74) is 0.785. The topological polar surface area (TPSA) is 66.0 Å². The molecule has 0 aromatic carbocycles. The molecular weight excluding hydrogens is 270 g/mol. The molecule has 0 bridgehead atoms. The number of rotatable bonds is 3. The van der Waals surface area contributed by atoms with Crippen molar-refractivity contribution in [2.24, 2.45) is 5.16 Å². The third-order valence-electron chi connectivity index (χ3n) is 2.81. The Balaban J connectivity index is 0.00000180. The van der Waals surface area contributed by atoms with Crippen LogP contribution in [0.3, 0.4) is 0 Å². The van der Waals surface area contributed by atoms with E-state index in [1.165, 1.54) is 6.21 Å². The summed E-state index contributed by atoms with van der Waals surface area (Å²) < 4.78 is 7.00. The number of pyridine rings is 1. The molecule has 1 fully saturated rings. The predicted octanol–water partition coefficient (Wildman–Crippen LogP) is -3.35. The highest BCUT2D eigenvalue weighted by molar-refractivity contribution is 5.78. The fourth-order valence-electron chi connectivity index (χ4n) is 1.80. The molecule has 1 aliphatic heterocycles. The fourth-order valence-corrected chi connectivity index (χ4v) is 1.80. The summed E-state index contributed by atoms with van der Waals surface area (Å²) in [4.78, 5) is 13.8. The van der Waals surface area contributed by atoms with E-state index >= 15 is 0 Å². The van der Waals surface area contributed by atoms with Gasteiger partial charge in [-0.2, -0.15) is 4.57 Å². The molecule has 0 atom stereocenters. The second-order valence-corrected chi connectivity index (χ2v) is 4.04. The van der Waals surface area contributed by atoms with Crippen LogP contribution in [0.5, 0.6) is 0 Å². The van der Waals surface area contributed by atoms with Crippen LogP contribution in [0.1, 0.15) is 5.56 Å². The molecule has 1 aromatic heterocycles. The lowest BCUT2D eigenvalue weighted by atomic mass is 10.3. The number of carbonyl (C=O) groups is 1. The Morgan fingerprint density at radius 1 is 1.42 bits per heavy atom. The van der Waals surface area contributed by atoms with Crippen molar-refractivity contribution in [3.63, 3.8) is 0 Å². The number of aromatic nitrogens is 1. The van der Waals surface area contributed by atoms with E-state index in [1.807, 2.05) is 0 Å². The lowest BCUT2D eigenvalue weighted by Gasteiger charge is -2.25. The number of hydrogen-bond donors (Lipinski definition) is 1. The predicted molar refractivity (Wildman–Crippen MR) is 63.4 cm³/mol. The van der Waals surface area contributed by atoms with E-state index in [4.69, 9.17) is 9.94 Å². The van der Waals surface area contributed by atoms with E-state index in [2.05, 4.69) is 5.16 Å². The van der Waals surface area contributed by atoms with Crippen molar-refractivity contribution in [1.82, 2.24) is 4.90 Å². The van der Waals surface area contributed by atoms with Crippen molar-refractivity contribution in [3.05, 3.63) is 30.1 Å². The molecule has 1 amide bonds. The minimum Gasteiger partial charge on any atom is -1.00 e. The summed E-state index contributed by atoms with van der Waals surface area (Å²) in [6, 6.07) is 3.57. The van der Waals surface area contributed by atoms with Gasteiger partial charge in [0.2, 0.25) is 6.54 Å². The van der Waals surface area contributed by atoms with Gasteiger partial charge in [-0.15, -0.1) is 0 Å². The summed E-state index contributed by atoms with van der Waals surface area (Å²) in [5.74, 6) is 0.0897. The van der Waals surface area contributed by atoms with E-state index in [-0.39, 0.29) is 18.3 Å². The number of carbonyl (C=O) groups excluding carboxylic acids is 1. The van der Waals surface area contributed by atoms with Crippen molar-refractivity contribution in [2.75, 3.05) is 26.3 Å². The molecule has 6 nitrogen and oxygen atoms in total. The Kier molecular flexibility index (Phi) is 6.24. The molecule has 0 saturated carbocycles. The van der Waals surface area contributed by atoms with E-state index < -0.39 is 0 Å². The maximum absolute atomic E-state index is 12.0. The highest BCUT2D eigenvalue weighted by atomic mass is 35.5. The Morgan fingerprint density at radius 3 is 2.63 bits per heavy atom. The molecule has 104 valence electrons. The van der Waals surface area contributed by atoms with Crippen LogP contribution in [-0.4, -0.2) is 48.5 Å². The third-order valence-corrected chi connectivity index (χ3v) is 2.81. The van der Waals surface area contributed by atoms with Gasteiger partial charge in [-0.1, -0.05) is 5.16 Å². The average molecular weight is 286 g/mol. The Bertz CT molecular complexity index is 430. The molecule has 1 N–H and O–H groups in total. The van der Waals surface area contributed by atoms with Crippen molar-refractivity contribution < 1.29 is 31.7 Å². The summed E-state index contributed by atoms with van der Waals surface area (Å²) >= 11 is 0. The smallest absolute Gasteiger partial charge is 0.288 e. The molecule has 0 radical (unpaired) electrons. The van der Waals surface area contributed by atoms with Crippen molar-refractivity contribution in [1.29, 1.82) is 0 Å². The van der Waals surface area contributed by atoms with Gasteiger partial charge in [0.05, 0.1) is 19.4 Å².